The third kappa shape index (κ3) is 4.02. The maximum absolute atomic E-state index is 5.81. The number of hydrogen-bond acceptors (Lipinski definition) is 4. The SMILES string of the molecule is COc1c(C)cc(-c2ccccc2)c(C(C)N(c2cccnc2)c2cccnc2)c1C. The molecule has 0 amide bonds. The van der Waals surface area contributed by atoms with Gasteiger partial charge in [0.15, 0.2) is 0 Å². The van der Waals surface area contributed by atoms with Crippen LogP contribution in [0.3, 0.4) is 0 Å². The van der Waals surface area contributed by atoms with Gasteiger partial charge < -0.3 is 9.64 Å². The first-order valence-corrected chi connectivity index (χ1v) is 10.4. The second kappa shape index (κ2) is 9.00. The summed E-state index contributed by atoms with van der Waals surface area (Å²) < 4.78 is 5.81. The third-order valence-corrected chi connectivity index (χ3v) is 5.70. The van der Waals surface area contributed by atoms with Gasteiger partial charge in [0, 0.05) is 12.4 Å². The van der Waals surface area contributed by atoms with E-state index in [0.717, 1.165) is 28.3 Å². The molecule has 4 rings (SSSR count). The number of ether oxygens (including phenoxy) is 1. The number of rotatable bonds is 6. The van der Waals surface area contributed by atoms with Crippen molar-refractivity contribution in [3.63, 3.8) is 0 Å². The molecule has 4 nitrogen and oxygen atoms in total. The number of benzene rings is 2. The van der Waals surface area contributed by atoms with E-state index in [1.807, 2.05) is 30.6 Å². The Morgan fingerprint density at radius 3 is 1.97 bits per heavy atom. The fourth-order valence-corrected chi connectivity index (χ4v) is 4.41. The molecule has 0 bridgehead atoms. The normalized spacial score (nSPS) is 11.7. The fraction of sp³-hybridized carbons (Fsp3) is 0.185. The molecule has 0 saturated heterocycles. The number of aromatic nitrogens is 2. The van der Waals surface area contributed by atoms with Gasteiger partial charge in [-0.2, -0.15) is 0 Å². The molecule has 2 heterocycles. The van der Waals surface area contributed by atoms with Crippen LogP contribution in [0, 0.1) is 13.8 Å². The van der Waals surface area contributed by atoms with Crippen LogP contribution in [0.25, 0.3) is 11.1 Å². The first-order chi connectivity index (χ1) is 15.1. The molecule has 0 aliphatic heterocycles. The van der Waals surface area contributed by atoms with Gasteiger partial charge >= 0.3 is 0 Å². The summed E-state index contributed by atoms with van der Waals surface area (Å²) in [6, 6.07) is 20.9. The second-order valence-corrected chi connectivity index (χ2v) is 7.65. The summed E-state index contributed by atoms with van der Waals surface area (Å²) in [7, 11) is 1.74. The van der Waals surface area contributed by atoms with Crippen LogP contribution in [0.4, 0.5) is 11.4 Å². The van der Waals surface area contributed by atoms with Gasteiger partial charge in [-0.3, -0.25) is 9.97 Å². The molecule has 2 aromatic carbocycles. The highest BCUT2D eigenvalue weighted by Crippen LogP contribution is 2.43. The van der Waals surface area contributed by atoms with Gasteiger partial charge in [0.2, 0.25) is 0 Å². The van der Waals surface area contributed by atoms with Crippen molar-refractivity contribution in [2.45, 2.75) is 26.8 Å². The van der Waals surface area contributed by atoms with Crippen molar-refractivity contribution in [1.82, 2.24) is 9.97 Å². The summed E-state index contributed by atoms with van der Waals surface area (Å²) >= 11 is 0. The van der Waals surface area contributed by atoms with E-state index < -0.39 is 0 Å². The van der Waals surface area contributed by atoms with Gasteiger partial charge in [-0.15, -0.1) is 0 Å². The largest absolute Gasteiger partial charge is 0.496 e. The van der Waals surface area contributed by atoms with Crippen LogP contribution in [-0.2, 0) is 0 Å². The van der Waals surface area contributed by atoms with Gasteiger partial charge in [0.1, 0.15) is 5.75 Å². The van der Waals surface area contributed by atoms with Crippen LogP contribution in [0.1, 0.15) is 29.7 Å². The lowest BCUT2D eigenvalue weighted by Crippen LogP contribution is -2.23. The Morgan fingerprint density at radius 2 is 1.45 bits per heavy atom. The summed E-state index contributed by atoms with van der Waals surface area (Å²) in [4.78, 5) is 11.0. The predicted molar refractivity (Wildman–Crippen MR) is 127 cm³/mol. The Hall–Kier alpha value is -3.66. The molecular formula is C27H27N3O. The lowest BCUT2D eigenvalue weighted by molar-refractivity contribution is 0.407. The van der Waals surface area contributed by atoms with E-state index in [0.29, 0.717) is 0 Å². The third-order valence-electron chi connectivity index (χ3n) is 5.70. The molecule has 0 radical (unpaired) electrons. The highest BCUT2D eigenvalue weighted by Gasteiger charge is 2.26. The topological polar surface area (TPSA) is 38.2 Å². The molecule has 156 valence electrons. The molecule has 4 aromatic rings. The first-order valence-electron chi connectivity index (χ1n) is 10.4. The maximum atomic E-state index is 5.81. The van der Waals surface area contributed by atoms with Gasteiger partial charge in [0.05, 0.1) is 36.9 Å². The van der Waals surface area contributed by atoms with Crippen LogP contribution < -0.4 is 9.64 Å². The Morgan fingerprint density at radius 1 is 0.839 bits per heavy atom. The van der Waals surface area contributed by atoms with Crippen molar-refractivity contribution in [3.8, 4) is 16.9 Å². The molecule has 1 atom stereocenters. The molecule has 1 unspecified atom stereocenters. The van der Waals surface area contributed by atoms with E-state index in [9.17, 15) is 0 Å². The molecule has 0 spiro atoms. The number of aryl methyl sites for hydroxylation is 1. The molecule has 0 N–H and O–H groups in total. The van der Waals surface area contributed by atoms with E-state index in [-0.39, 0.29) is 6.04 Å². The molecule has 0 fully saturated rings. The number of hydrogen-bond donors (Lipinski definition) is 0. The quantitative estimate of drug-likeness (QED) is 0.356. The maximum Gasteiger partial charge on any atom is 0.125 e. The Balaban J connectivity index is 1.96. The molecule has 31 heavy (non-hydrogen) atoms. The summed E-state index contributed by atoms with van der Waals surface area (Å²) in [5.74, 6) is 0.929. The highest BCUT2D eigenvalue weighted by molar-refractivity contribution is 5.75. The van der Waals surface area contributed by atoms with Crippen LogP contribution in [0.5, 0.6) is 5.75 Å². The molecule has 0 aliphatic rings. The molecular weight excluding hydrogens is 382 g/mol. The zero-order valence-electron chi connectivity index (χ0n) is 18.4. The van der Waals surface area contributed by atoms with E-state index in [4.69, 9.17) is 4.74 Å². The van der Waals surface area contributed by atoms with E-state index >= 15 is 0 Å². The average molecular weight is 410 g/mol. The van der Waals surface area contributed by atoms with Gasteiger partial charge in [-0.05, 0) is 78.9 Å². The number of pyridine rings is 2. The number of nitrogens with zero attached hydrogens (tertiary/aromatic N) is 3. The molecule has 0 saturated carbocycles. The van der Waals surface area contributed by atoms with Crippen LogP contribution >= 0.6 is 0 Å². The van der Waals surface area contributed by atoms with E-state index in [1.165, 1.54) is 16.7 Å². The average Bonchev–Trinajstić information content (AvgIpc) is 2.81. The second-order valence-electron chi connectivity index (χ2n) is 7.65. The van der Waals surface area contributed by atoms with Crippen molar-refractivity contribution in [2.75, 3.05) is 12.0 Å². The number of anilines is 2. The zero-order chi connectivity index (χ0) is 21.8. The predicted octanol–water partition coefficient (Wildman–Crippen LogP) is 6.67. The molecule has 4 heteroatoms. The van der Waals surface area contributed by atoms with Crippen molar-refractivity contribution in [2.24, 2.45) is 0 Å². The van der Waals surface area contributed by atoms with Crippen LogP contribution in [0.2, 0.25) is 0 Å². The van der Waals surface area contributed by atoms with E-state index in [2.05, 4.69) is 78.1 Å². The number of methoxy groups -OCH3 is 1. The van der Waals surface area contributed by atoms with Crippen LogP contribution in [-0.4, -0.2) is 17.1 Å². The fourth-order valence-electron chi connectivity index (χ4n) is 4.41. The minimum absolute atomic E-state index is 0.0121. The smallest absolute Gasteiger partial charge is 0.125 e. The van der Waals surface area contributed by atoms with Crippen LogP contribution in [0.15, 0.2) is 85.5 Å². The molecule has 2 aromatic heterocycles. The highest BCUT2D eigenvalue weighted by atomic mass is 16.5. The van der Waals surface area contributed by atoms with Crippen molar-refractivity contribution < 1.29 is 4.74 Å². The van der Waals surface area contributed by atoms with Crippen molar-refractivity contribution in [3.05, 3.63) is 102 Å². The van der Waals surface area contributed by atoms with E-state index in [1.54, 1.807) is 19.5 Å². The summed E-state index contributed by atoms with van der Waals surface area (Å²) in [6.07, 6.45) is 7.38. The Labute approximate surface area is 184 Å². The minimum atomic E-state index is 0.0121. The zero-order valence-corrected chi connectivity index (χ0v) is 18.4. The van der Waals surface area contributed by atoms with Crippen molar-refractivity contribution in [1.29, 1.82) is 0 Å². The monoisotopic (exact) mass is 409 g/mol. The first kappa shape index (κ1) is 20.6. The Kier molecular flexibility index (Phi) is 5.99. The Bertz CT molecular complexity index is 1110. The summed E-state index contributed by atoms with van der Waals surface area (Å²) in [5, 5.41) is 0. The lowest BCUT2D eigenvalue weighted by atomic mass is 9.88. The lowest BCUT2D eigenvalue weighted by Gasteiger charge is -2.34. The minimum Gasteiger partial charge on any atom is -0.496 e. The van der Waals surface area contributed by atoms with Gasteiger partial charge in [0.25, 0.3) is 0 Å². The van der Waals surface area contributed by atoms with Gasteiger partial charge in [-0.25, -0.2) is 0 Å². The summed E-state index contributed by atoms with van der Waals surface area (Å²) in [6.45, 7) is 6.48. The van der Waals surface area contributed by atoms with Gasteiger partial charge in [-0.1, -0.05) is 30.3 Å². The van der Waals surface area contributed by atoms with Crippen molar-refractivity contribution >= 4 is 11.4 Å². The standard InChI is InChI=1S/C27H27N3O/c1-19-16-25(22-10-6-5-7-11-22)26(20(2)27(19)31-4)21(3)30(23-12-8-14-28-17-23)24-13-9-15-29-18-24/h5-18,21H,1-4H3. The molecule has 0 aliphatic carbocycles. The summed E-state index contributed by atoms with van der Waals surface area (Å²) in [5.41, 5.74) is 7.93.